The van der Waals surface area contributed by atoms with Gasteiger partial charge in [0.05, 0.1) is 0 Å². The highest BCUT2D eigenvalue weighted by Crippen LogP contribution is 2.24. The Morgan fingerprint density at radius 3 is 2.36 bits per heavy atom. The van der Waals surface area contributed by atoms with Gasteiger partial charge in [-0.2, -0.15) is 13.2 Å². The fourth-order valence-electron chi connectivity index (χ4n) is 0.590. The molecule has 1 atom stereocenters. The number of carbonyl (C=O) groups is 1. The molecule has 0 N–H and O–H groups in total. The Bertz CT molecular complexity index is 230. The number of hydrogen-bond acceptors (Lipinski definition) is 2. The molecular weight excluding hydrogens is 161 g/mol. The first-order valence-corrected chi connectivity index (χ1v) is 2.68. The number of halogens is 3. The van der Waals surface area contributed by atoms with Gasteiger partial charge in [0, 0.05) is 12.4 Å². The first-order valence-electron chi connectivity index (χ1n) is 2.68. The summed E-state index contributed by atoms with van der Waals surface area (Å²) in [5, 5.41) is 0. The van der Waals surface area contributed by atoms with Gasteiger partial charge in [-0.1, -0.05) is 0 Å². The number of hydrogen-bond donors (Lipinski definition) is 0. The molecule has 60 valence electrons. The van der Waals surface area contributed by atoms with Crippen LogP contribution in [0.2, 0.25) is 0 Å². The Balaban J connectivity index is 2.82. The zero-order chi connectivity index (χ0) is 8.48. The lowest BCUT2D eigenvalue weighted by atomic mass is 10.2. The molecule has 1 heterocycles. The minimum Gasteiger partial charge on any atom is -0.270 e. The van der Waals surface area contributed by atoms with Gasteiger partial charge in [-0.25, -0.2) is 4.99 Å². The first kappa shape index (κ1) is 7.90. The highest BCUT2D eigenvalue weighted by atomic mass is 19.4. The second kappa shape index (κ2) is 2.44. The maximum Gasteiger partial charge on any atom is 0.419 e. The van der Waals surface area contributed by atoms with Crippen LogP contribution in [-0.2, 0) is 4.79 Å². The number of alkyl halides is 3. The van der Waals surface area contributed by atoms with Gasteiger partial charge in [-0.3, -0.25) is 9.79 Å². The summed E-state index contributed by atoms with van der Waals surface area (Å²) in [7, 11) is 0. The van der Waals surface area contributed by atoms with Crippen LogP contribution in [-0.4, -0.2) is 30.6 Å². The Morgan fingerprint density at radius 1 is 1.36 bits per heavy atom. The molecular formula is C5H3F3N2O. The fraction of sp³-hybridized carbons (Fsp3) is 0.400. The summed E-state index contributed by atoms with van der Waals surface area (Å²) in [6.45, 7) is 0. The largest absolute Gasteiger partial charge is 0.419 e. The summed E-state index contributed by atoms with van der Waals surface area (Å²) in [6, 6.07) is -2.30. The van der Waals surface area contributed by atoms with Gasteiger partial charge in [0.15, 0.2) is 0 Å². The molecule has 0 aromatic heterocycles. The lowest BCUT2D eigenvalue weighted by molar-refractivity contribution is -0.160. The summed E-state index contributed by atoms with van der Waals surface area (Å²) in [5.41, 5.74) is 0. The highest BCUT2D eigenvalue weighted by molar-refractivity contribution is 6.21. The van der Waals surface area contributed by atoms with Crippen LogP contribution in [0.3, 0.4) is 0 Å². The van der Waals surface area contributed by atoms with Crippen LogP contribution in [0.5, 0.6) is 0 Å². The molecule has 6 heteroatoms. The zero-order valence-corrected chi connectivity index (χ0v) is 5.17. The van der Waals surface area contributed by atoms with E-state index in [1.165, 1.54) is 0 Å². The van der Waals surface area contributed by atoms with Crippen molar-refractivity contribution in [2.75, 3.05) is 0 Å². The van der Waals surface area contributed by atoms with E-state index in [9.17, 15) is 18.0 Å². The van der Waals surface area contributed by atoms with Gasteiger partial charge in [0.25, 0.3) is 5.91 Å². The molecule has 0 fully saturated rings. The van der Waals surface area contributed by atoms with E-state index in [1.807, 2.05) is 0 Å². The molecule has 1 aliphatic rings. The SMILES string of the molecule is O=C1N=CC=NC1C(F)(F)F. The number of nitrogens with zero attached hydrogens (tertiary/aromatic N) is 2. The van der Waals surface area contributed by atoms with Gasteiger partial charge < -0.3 is 0 Å². The average Bonchev–Trinajstić information content (AvgIpc) is 1.86. The van der Waals surface area contributed by atoms with Gasteiger partial charge in [-0.15, -0.1) is 0 Å². The quantitative estimate of drug-likeness (QED) is 0.516. The Morgan fingerprint density at radius 2 is 2.00 bits per heavy atom. The summed E-state index contributed by atoms with van der Waals surface area (Å²) in [6.07, 6.45) is -2.82. The standard InChI is InChI=1S/C5H3F3N2O/c6-5(7,8)3-4(11)10-2-1-9-3/h1-3H. The second-order valence-electron chi connectivity index (χ2n) is 1.86. The average molecular weight is 164 g/mol. The van der Waals surface area contributed by atoms with E-state index in [2.05, 4.69) is 9.98 Å². The fourth-order valence-corrected chi connectivity index (χ4v) is 0.590. The number of aliphatic imine (C=N–C) groups is 2. The number of amides is 1. The van der Waals surface area contributed by atoms with Crippen LogP contribution in [0.4, 0.5) is 13.2 Å². The van der Waals surface area contributed by atoms with Crippen molar-refractivity contribution in [3.8, 4) is 0 Å². The van der Waals surface area contributed by atoms with Crippen molar-refractivity contribution in [3.63, 3.8) is 0 Å². The molecule has 0 aromatic rings. The summed E-state index contributed by atoms with van der Waals surface area (Å²) >= 11 is 0. The van der Waals surface area contributed by atoms with Gasteiger partial charge >= 0.3 is 6.18 Å². The zero-order valence-electron chi connectivity index (χ0n) is 5.17. The number of carbonyl (C=O) groups excluding carboxylic acids is 1. The Kier molecular flexibility index (Phi) is 1.76. The molecule has 0 saturated carbocycles. The number of rotatable bonds is 0. The monoisotopic (exact) mass is 164 g/mol. The van der Waals surface area contributed by atoms with E-state index in [-0.39, 0.29) is 0 Å². The third-order valence-electron chi connectivity index (χ3n) is 1.05. The molecule has 0 aliphatic carbocycles. The van der Waals surface area contributed by atoms with Gasteiger partial charge in [0.2, 0.25) is 6.04 Å². The van der Waals surface area contributed by atoms with E-state index in [0.717, 1.165) is 12.4 Å². The predicted molar refractivity (Wildman–Crippen MR) is 31.8 cm³/mol. The minimum atomic E-state index is -4.62. The van der Waals surface area contributed by atoms with Crippen LogP contribution in [0.15, 0.2) is 9.98 Å². The second-order valence-corrected chi connectivity index (χ2v) is 1.86. The molecule has 0 radical (unpaired) electrons. The van der Waals surface area contributed by atoms with Crippen LogP contribution < -0.4 is 0 Å². The summed E-state index contributed by atoms with van der Waals surface area (Å²) < 4.78 is 35.3. The van der Waals surface area contributed by atoms with Crippen molar-refractivity contribution in [3.05, 3.63) is 0 Å². The molecule has 11 heavy (non-hydrogen) atoms. The predicted octanol–water partition coefficient (Wildman–Crippen LogP) is 0.599. The van der Waals surface area contributed by atoms with E-state index in [4.69, 9.17) is 0 Å². The van der Waals surface area contributed by atoms with Crippen molar-refractivity contribution >= 4 is 18.3 Å². The van der Waals surface area contributed by atoms with Crippen LogP contribution in [0.25, 0.3) is 0 Å². The lowest BCUT2D eigenvalue weighted by Crippen LogP contribution is -2.35. The molecule has 3 nitrogen and oxygen atoms in total. The van der Waals surface area contributed by atoms with Crippen molar-refractivity contribution < 1.29 is 18.0 Å². The topological polar surface area (TPSA) is 41.8 Å². The summed E-state index contributed by atoms with van der Waals surface area (Å²) in [5.74, 6) is -1.26. The van der Waals surface area contributed by atoms with Crippen molar-refractivity contribution in [1.82, 2.24) is 0 Å². The highest BCUT2D eigenvalue weighted by Gasteiger charge is 2.45. The molecule has 0 saturated heterocycles. The first-order chi connectivity index (χ1) is 5.02. The molecule has 1 aliphatic heterocycles. The van der Waals surface area contributed by atoms with Crippen LogP contribution in [0, 0.1) is 0 Å². The third kappa shape index (κ3) is 1.63. The van der Waals surface area contributed by atoms with Gasteiger partial charge in [-0.05, 0) is 0 Å². The summed E-state index contributed by atoms with van der Waals surface area (Å²) in [4.78, 5) is 16.3. The molecule has 0 spiro atoms. The van der Waals surface area contributed by atoms with Crippen molar-refractivity contribution in [1.29, 1.82) is 0 Å². The van der Waals surface area contributed by atoms with Crippen molar-refractivity contribution in [2.45, 2.75) is 12.2 Å². The van der Waals surface area contributed by atoms with Crippen LogP contribution in [0.1, 0.15) is 0 Å². The minimum absolute atomic E-state index is 0.861. The van der Waals surface area contributed by atoms with Gasteiger partial charge in [0.1, 0.15) is 0 Å². The molecule has 1 amide bonds. The molecule has 1 rings (SSSR count). The molecule has 1 unspecified atom stereocenters. The molecule has 0 bridgehead atoms. The maximum absolute atomic E-state index is 11.8. The normalized spacial score (nSPS) is 24.3. The van der Waals surface area contributed by atoms with E-state index >= 15 is 0 Å². The van der Waals surface area contributed by atoms with Crippen LogP contribution >= 0.6 is 0 Å². The van der Waals surface area contributed by atoms with E-state index < -0.39 is 18.1 Å². The Labute approximate surface area is 59.6 Å². The van der Waals surface area contributed by atoms with E-state index in [0.29, 0.717) is 0 Å². The lowest BCUT2D eigenvalue weighted by Gasteiger charge is -2.13. The molecule has 0 aromatic carbocycles. The van der Waals surface area contributed by atoms with Crippen molar-refractivity contribution in [2.24, 2.45) is 9.98 Å². The third-order valence-corrected chi connectivity index (χ3v) is 1.05. The maximum atomic E-state index is 11.8. The smallest absolute Gasteiger partial charge is 0.270 e. The van der Waals surface area contributed by atoms with E-state index in [1.54, 1.807) is 0 Å². The Hall–Kier alpha value is -1.20.